The first-order valence-corrected chi connectivity index (χ1v) is 7.98. The van der Waals surface area contributed by atoms with Crippen LogP contribution in [0, 0.1) is 0 Å². The molecule has 2 aromatic rings. The Morgan fingerprint density at radius 1 is 0.833 bits per heavy atom. The van der Waals surface area contributed by atoms with Crippen LogP contribution in [0.25, 0.3) is 0 Å². The van der Waals surface area contributed by atoms with E-state index in [1.54, 1.807) is 21.6 Å². The summed E-state index contributed by atoms with van der Waals surface area (Å²) in [5, 5.41) is 0.235. The van der Waals surface area contributed by atoms with E-state index >= 15 is 0 Å². The van der Waals surface area contributed by atoms with Crippen molar-refractivity contribution >= 4 is 21.6 Å². The van der Waals surface area contributed by atoms with Gasteiger partial charge in [0, 0.05) is 4.90 Å². The molecule has 0 aromatic heterocycles. The molecule has 2 nitrogen and oxygen atoms in total. The van der Waals surface area contributed by atoms with Crippen molar-refractivity contribution in [3.8, 4) is 11.5 Å². The van der Waals surface area contributed by atoms with Gasteiger partial charge in [0.2, 0.25) is 0 Å². The van der Waals surface area contributed by atoms with Gasteiger partial charge in [-0.25, -0.2) is 0 Å². The lowest BCUT2D eigenvalue weighted by Crippen LogP contribution is -2.23. The smallest absolute Gasteiger partial charge is 0.258 e. The first kappa shape index (κ1) is 10.6. The lowest BCUT2D eigenvalue weighted by molar-refractivity contribution is 0.0475. The van der Waals surface area contributed by atoms with E-state index in [0.29, 0.717) is 0 Å². The van der Waals surface area contributed by atoms with Gasteiger partial charge in [0.05, 0.1) is 0 Å². The number of hydrogen-bond acceptors (Lipinski definition) is 4. The fourth-order valence-electron chi connectivity index (χ4n) is 2.18. The maximum absolute atomic E-state index is 5.89. The maximum atomic E-state index is 5.89. The van der Waals surface area contributed by atoms with E-state index in [0.717, 1.165) is 11.5 Å². The lowest BCUT2D eigenvalue weighted by atomic mass is 10.1. The fraction of sp³-hybridized carbons (Fsp3) is 0.143. The van der Waals surface area contributed by atoms with E-state index in [1.165, 1.54) is 10.5 Å². The van der Waals surface area contributed by atoms with Crippen LogP contribution in [-0.4, -0.2) is 6.29 Å². The summed E-state index contributed by atoms with van der Waals surface area (Å²) < 4.78 is 11.8. The summed E-state index contributed by atoms with van der Waals surface area (Å²) in [4.78, 5) is 1.32. The number of ether oxygens (including phenoxy) is 2. The Morgan fingerprint density at radius 3 is 2.28 bits per heavy atom. The third-order valence-electron chi connectivity index (χ3n) is 3.05. The van der Waals surface area contributed by atoms with Crippen LogP contribution in [0.1, 0.15) is 10.8 Å². The third kappa shape index (κ3) is 1.60. The highest BCUT2D eigenvalue weighted by molar-refractivity contribution is 8.77. The molecule has 0 amide bonds. The Labute approximate surface area is 113 Å². The lowest BCUT2D eigenvalue weighted by Gasteiger charge is -2.16. The Bertz CT molecular complexity index is 575. The molecule has 2 aliphatic heterocycles. The van der Waals surface area contributed by atoms with E-state index in [9.17, 15) is 0 Å². The molecule has 0 N–H and O–H groups in total. The largest absolute Gasteiger partial charge is 0.449 e. The SMILES string of the molecule is c1ccc2c(c1)OC(C1SSc3ccccc31)O2. The molecule has 1 unspecified atom stereocenters. The highest BCUT2D eigenvalue weighted by Gasteiger charge is 2.38. The Balaban J connectivity index is 1.65. The van der Waals surface area contributed by atoms with Crippen LogP contribution in [0.15, 0.2) is 53.4 Å². The van der Waals surface area contributed by atoms with Crippen LogP contribution >= 0.6 is 21.6 Å². The molecule has 0 bridgehead atoms. The van der Waals surface area contributed by atoms with Gasteiger partial charge < -0.3 is 9.47 Å². The summed E-state index contributed by atoms with van der Waals surface area (Å²) >= 11 is 0. The van der Waals surface area contributed by atoms with Crippen molar-refractivity contribution in [1.82, 2.24) is 0 Å². The number of fused-ring (bicyclic) bond motifs is 2. The van der Waals surface area contributed by atoms with Crippen LogP contribution in [-0.2, 0) is 0 Å². The molecule has 4 rings (SSSR count). The average Bonchev–Trinajstić information content (AvgIpc) is 3.02. The second kappa shape index (κ2) is 4.14. The van der Waals surface area contributed by atoms with Crippen LogP contribution in [0.2, 0.25) is 0 Å². The molecule has 0 saturated carbocycles. The fourth-order valence-corrected chi connectivity index (χ4v) is 5.06. The molecule has 2 aromatic carbocycles. The monoisotopic (exact) mass is 274 g/mol. The van der Waals surface area contributed by atoms with Crippen LogP contribution in [0.5, 0.6) is 11.5 Å². The minimum atomic E-state index is -0.219. The number of benzene rings is 2. The molecule has 4 heteroatoms. The van der Waals surface area contributed by atoms with E-state index < -0.39 is 0 Å². The molecule has 0 fully saturated rings. The summed E-state index contributed by atoms with van der Waals surface area (Å²) in [5.41, 5.74) is 1.31. The first-order chi connectivity index (χ1) is 8.92. The van der Waals surface area contributed by atoms with Crippen molar-refractivity contribution < 1.29 is 9.47 Å². The standard InChI is InChI=1S/C14H10O2S2/c1-4-8-12-9(5-1)13(18-17-12)14-15-10-6-2-3-7-11(10)16-14/h1-8,13-14H. The van der Waals surface area contributed by atoms with Gasteiger partial charge in [0.25, 0.3) is 6.29 Å². The topological polar surface area (TPSA) is 18.5 Å². The molecule has 0 aliphatic carbocycles. The van der Waals surface area contributed by atoms with Gasteiger partial charge in [-0.3, -0.25) is 0 Å². The van der Waals surface area contributed by atoms with E-state index in [-0.39, 0.29) is 11.5 Å². The van der Waals surface area contributed by atoms with Gasteiger partial charge in [-0.05, 0) is 23.8 Å². The van der Waals surface area contributed by atoms with Crippen molar-refractivity contribution in [3.63, 3.8) is 0 Å². The molecule has 0 saturated heterocycles. The van der Waals surface area contributed by atoms with Gasteiger partial charge >= 0.3 is 0 Å². The zero-order valence-corrected chi connectivity index (χ0v) is 11.0. The predicted octanol–water partition coefficient (Wildman–Crippen LogP) is 4.28. The van der Waals surface area contributed by atoms with E-state index in [4.69, 9.17) is 9.47 Å². The molecule has 2 aliphatic rings. The third-order valence-corrected chi connectivity index (χ3v) is 5.83. The summed E-state index contributed by atoms with van der Waals surface area (Å²) in [6.45, 7) is 0. The van der Waals surface area contributed by atoms with Crippen molar-refractivity contribution in [2.24, 2.45) is 0 Å². The summed E-state index contributed by atoms with van der Waals surface area (Å²) in [7, 11) is 3.60. The van der Waals surface area contributed by atoms with E-state index in [1.807, 2.05) is 24.3 Å². The van der Waals surface area contributed by atoms with Gasteiger partial charge in [-0.1, -0.05) is 51.9 Å². The highest BCUT2D eigenvalue weighted by atomic mass is 33.1. The Morgan fingerprint density at radius 2 is 1.50 bits per heavy atom. The Hall–Kier alpha value is -1.26. The zero-order chi connectivity index (χ0) is 11.9. The van der Waals surface area contributed by atoms with Gasteiger partial charge in [0.1, 0.15) is 5.25 Å². The number of para-hydroxylation sites is 2. The minimum absolute atomic E-state index is 0.219. The summed E-state index contributed by atoms with van der Waals surface area (Å²) in [5.74, 6) is 1.69. The second-order valence-corrected chi connectivity index (χ2v) is 6.57. The molecular weight excluding hydrogens is 264 g/mol. The number of hydrogen-bond donors (Lipinski definition) is 0. The van der Waals surface area contributed by atoms with Crippen LogP contribution < -0.4 is 9.47 Å². The zero-order valence-electron chi connectivity index (χ0n) is 9.41. The molecule has 18 heavy (non-hydrogen) atoms. The Kier molecular flexibility index (Phi) is 2.45. The summed E-state index contributed by atoms with van der Waals surface area (Å²) in [6, 6.07) is 16.3. The van der Waals surface area contributed by atoms with Gasteiger partial charge in [-0.15, -0.1) is 0 Å². The van der Waals surface area contributed by atoms with Crippen molar-refractivity contribution in [3.05, 3.63) is 54.1 Å². The predicted molar refractivity (Wildman–Crippen MR) is 74.1 cm³/mol. The molecule has 90 valence electrons. The van der Waals surface area contributed by atoms with Crippen molar-refractivity contribution in [2.75, 3.05) is 0 Å². The van der Waals surface area contributed by atoms with Crippen molar-refractivity contribution in [1.29, 1.82) is 0 Å². The molecule has 1 atom stereocenters. The van der Waals surface area contributed by atoms with Crippen molar-refractivity contribution in [2.45, 2.75) is 16.4 Å². The molecule has 0 spiro atoms. The maximum Gasteiger partial charge on any atom is 0.258 e. The minimum Gasteiger partial charge on any atom is -0.449 e. The second-order valence-electron chi connectivity index (χ2n) is 4.19. The highest BCUT2D eigenvalue weighted by Crippen LogP contribution is 2.56. The molecule has 0 radical (unpaired) electrons. The summed E-state index contributed by atoms with van der Waals surface area (Å²) in [6.07, 6.45) is -0.219. The molecule has 2 heterocycles. The van der Waals surface area contributed by atoms with E-state index in [2.05, 4.69) is 24.3 Å². The first-order valence-electron chi connectivity index (χ1n) is 5.76. The normalized spacial score (nSPS) is 21.0. The average molecular weight is 274 g/mol. The quantitative estimate of drug-likeness (QED) is 0.722. The van der Waals surface area contributed by atoms with Gasteiger partial charge in [0.15, 0.2) is 11.5 Å². The van der Waals surface area contributed by atoms with Gasteiger partial charge in [-0.2, -0.15) is 0 Å². The number of rotatable bonds is 1. The van der Waals surface area contributed by atoms with Crippen LogP contribution in [0.3, 0.4) is 0 Å². The molecular formula is C14H10O2S2. The van der Waals surface area contributed by atoms with Crippen LogP contribution in [0.4, 0.5) is 0 Å².